The van der Waals surface area contributed by atoms with Gasteiger partial charge in [0.15, 0.2) is 0 Å². The molecule has 1 N–H and O–H groups in total. The highest BCUT2D eigenvalue weighted by molar-refractivity contribution is 5.93. The van der Waals surface area contributed by atoms with Crippen molar-refractivity contribution >= 4 is 5.91 Å². The number of hydrogen-bond donors (Lipinski definition) is 1. The summed E-state index contributed by atoms with van der Waals surface area (Å²) in [4.78, 5) is 15.7. The Morgan fingerprint density at radius 3 is 2.54 bits per heavy atom. The van der Waals surface area contributed by atoms with Crippen molar-refractivity contribution in [3.05, 3.63) is 54.9 Å². The van der Waals surface area contributed by atoms with Crippen LogP contribution >= 0.6 is 0 Å². The van der Waals surface area contributed by atoms with Crippen LogP contribution in [0.4, 0.5) is 13.2 Å². The van der Waals surface area contributed by atoms with Gasteiger partial charge in [0.05, 0.1) is 36.0 Å². The van der Waals surface area contributed by atoms with Crippen LogP contribution in [0.25, 0.3) is 11.4 Å². The van der Waals surface area contributed by atoms with Crippen LogP contribution in [0.3, 0.4) is 0 Å². The number of aromatic nitrogens is 5. The number of rotatable bonds is 4. The molecule has 0 saturated heterocycles. The third kappa shape index (κ3) is 3.59. The molecule has 7 nitrogen and oxygen atoms in total. The first kappa shape index (κ1) is 15.7. The fourth-order valence-corrected chi connectivity index (χ4v) is 1.93. The highest BCUT2D eigenvalue weighted by Gasteiger charge is 2.28. The third-order valence-corrected chi connectivity index (χ3v) is 3.04. The first-order valence-corrected chi connectivity index (χ1v) is 6.77. The molecule has 10 heteroatoms. The van der Waals surface area contributed by atoms with E-state index in [0.717, 1.165) is 5.69 Å². The number of carbonyl (C=O) groups excluding carboxylic acids is 1. The minimum atomic E-state index is -4.46. The molecule has 0 aliphatic rings. The van der Waals surface area contributed by atoms with Crippen molar-refractivity contribution in [1.82, 2.24) is 29.9 Å². The summed E-state index contributed by atoms with van der Waals surface area (Å²) in [6.45, 7) is -1.39. The average Bonchev–Trinajstić information content (AvgIpc) is 3.21. The second-order valence-corrected chi connectivity index (χ2v) is 4.83. The van der Waals surface area contributed by atoms with E-state index in [1.807, 2.05) is 6.07 Å². The van der Waals surface area contributed by atoms with Crippen LogP contribution in [0.1, 0.15) is 10.4 Å². The Morgan fingerprint density at radius 1 is 1.08 bits per heavy atom. The lowest BCUT2D eigenvalue weighted by atomic mass is 10.3. The van der Waals surface area contributed by atoms with Gasteiger partial charge in [0.2, 0.25) is 0 Å². The first-order valence-electron chi connectivity index (χ1n) is 6.77. The number of alkyl halides is 3. The predicted octanol–water partition coefficient (Wildman–Crippen LogP) is 1.75. The first-order chi connectivity index (χ1) is 11.4. The zero-order valence-corrected chi connectivity index (χ0v) is 12.1. The lowest BCUT2D eigenvalue weighted by Crippen LogP contribution is -2.33. The standard InChI is InChI=1S/C14H11F3N6O/c15-14(16,17)9-19-13(24)10-4-20-22(7-10)12-6-21-23(8-12)11-2-1-3-18-5-11/h1-8H,9H2,(H,19,24). The monoisotopic (exact) mass is 336 g/mol. The maximum absolute atomic E-state index is 12.1. The molecule has 3 heterocycles. The molecule has 0 spiro atoms. The van der Waals surface area contributed by atoms with E-state index in [1.165, 1.54) is 23.3 Å². The quantitative estimate of drug-likeness (QED) is 0.787. The predicted molar refractivity (Wildman–Crippen MR) is 76.9 cm³/mol. The van der Waals surface area contributed by atoms with E-state index in [4.69, 9.17) is 0 Å². The van der Waals surface area contributed by atoms with Crippen LogP contribution in [0.2, 0.25) is 0 Å². The number of nitrogens with zero attached hydrogens (tertiary/aromatic N) is 5. The molecule has 124 valence electrons. The van der Waals surface area contributed by atoms with Crippen molar-refractivity contribution < 1.29 is 18.0 Å². The van der Waals surface area contributed by atoms with E-state index in [0.29, 0.717) is 5.69 Å². The molecule has 0 saturated carbocycles. The van der Waals surface area contributed by atoms with Crippen LogP contribution in [-0.2, 0) is 0 Å². The van der Waals surface area contributed by atoms with Gasteiger partial charge in [-0.3, -0.25) is 9.78 Å². The summed E-state index contributed by atoms with van der Waals surface area (Å²) in [6.07, 6.45) is 4.47. The van der Waals surface area contributed by atoms with Crippen molar-refractivity contribution in [2.45, 2.75) is 6.18 Å². The summed E-state index contributed by atoms with van der Waals surface area (Å²) in [7, 11) is 0. The lowest BCUT2D eigenvalue weighted by Gasteiger charge is -2.06. The summed E-state index contributed by atoms with van der Waals surface area (Å²) in [5.74, 6) is -0.849. The molecular formula is C14H11F3N6O. The molecule has 0 radical (unpaired) electrons. The zero-order valence-electron chi connectivity index (χ0n) is 12.1. The molecule has 1 amide bonds. The van der Waals surface area contributed by atoms with E-state index in [-0.39, 0.29) is 5.56 Å². The largest absolute Gasteiger partial charge is 0.405 e. The van der Waals surface area contributed by atoms with Gasteiger partial charge < -0.3 is 5.32 Å². The molecular weight excluding hydrogens is 325 g/mol. The number of hydrogen-bond acceptors (Lipinski definition) is 4. The molecule has 0 atom stereocenters. The Morgan fingerprint density at radius 2 is 1.83 bits per heavy atom. The van der Waals surface area contributed by atoms with Crippen molar-refractivity contribution in [2.24, 2.45) is 0 Å². The maximum atomic E-state index is 12.1. The fourth-order valence-electron chi connectivity index (χ4n) is 1.93. The van der Waals surface area contributed by atoms with Crippen molar-refractivity contribution in [1.29, 1.82) is 0 Å². The van der Waals surface area contributed by atoms with E-state index in [1.54, 1.807) is 34.7 Å². The molecule has 3 aromatic rings. The van der Waals surface area contributed by atoms with Gasteiger partial charge in [-0.2, -0.15) is 23.4 Å². The number of amides is 1. The Balaban J connectivity index is 1.74. The smallest absolute Gasteiger partial charge is 0.343 e. The Bertz CT molecular complexity index is 840. The maximum Gasteiger partial charge on any atom is 0.405 e. The van der Waals surface area contributed by atoms with Gasteiger partial charge in [-0.05, 0) is 12.1 Å². The molecule has 24 heavy (non-hydrogen) atoms. The van der Waals surface area contributed by atoms with Crippen LogP contribution in [0.15, 0.2) is 49.3 Å². The van der Waals surface area contributed by atoms with E-state index >= 15 is 0 Å². The SMILES string of the molecule is O=C(NCC(F)(F)F)c1cnn(-c2cnn(-c3cccnc3)c2)c1. The second-order valence-electron chi connectivity index (χ2n) is 4.83. The van der Waals surface area contributed by atoms with Gasteiger partial charge in [-0.1, -0.05) is 0 Å². The topological polar surface area (TPSA) is 77.6 Å². The van der Waals surface area contributed by atoms with Gasteiger partial charge >= 0.3 is 6.18 Å². The van der Waals surface area contributed by atoms with Gasteiger partial charge in [0.1, 0.15) is 12.2 Å². The summed E-state index contributed by atoms with van der Waals surface area (Å²) in [5, 5.41) is 9.91. The molecule has 3 rings (SSSR count). The number of carbonyl (C=O) groups is 1. The second kappa shape index (κ2) is 6.14. The molecule has 0 aliphatic carbocycles. The zero-order chi connectivity index (χ0) is 17.2. The van der Waals surface area contributed by atoms with Gasteiger partial charge in [-0.15, -0.1) is 0 Å². The molecule has 0 fully saturated rings. The molecule has 0 aromatic carbocycles. The van der Waals surface area contributed by atoms with Gasteiger partial charge in [0, 0.05) is 12.4 Å². The number of nitrogens with one attached hydrogen (secondary N) is 1. The van der Waals surface area contributed by atoms with Crippen molar-refractivity contribution in [3.8, 4) is 11.4 Å². The van der Waals surface area contributed by atoms with E-state index < -0.39 is 18.6 Å². The minimum Gasteiger partial charge on any atom is -0.343 e. The van der Waals surface area contributed by atoms with Crippen LogP contribution in [0.5, 0.6) is 0 Å². The summed E-state index contributed by atoms with van der Waals surface area (Å²) >= 11 is 0. The molecule has 0 bridgehead atoms. The number of pyridine rings is 1. The lowest BCUT2D eigenvalue weighted by molar-refractivity contribution is -0.123. The minimum absolute atomic E-state index is 0.0216. The van der Waals surface area contributed by atoms with Gasteiger partial charge in [0.25, 0.3) is 5.91 Å². The molecule has 3 aromatic heterocycles. The van der Waals surface area contributed by atoms with E-state index in [2.05, 4.69) is 15.2 Å². The summed E-state index contributed by atoms with van der Waals surface area (Å²) < 4.78 is 39.3. The highest BCUT2D eigenvalue weighted by atomic mass is 19.4. The van der Waals surface area contributed by atoms with Crippen LogP contribution < -0.4 is 5.32 Å². The highest BCUT2D eigenvalue weighted by Crippen LogP contribution is 2.14. The average molecular weight is 336 g/mol. The number of halogens is 3. The van der Waals surface area contributed by atoms with E-state index in [9.17, 15) is 18.0 Å². The summed E-state index contributed by atoms with van der Waals surface area (Å²) in [6, 6.07) is 3.57. The Labute approximate surface area is 133 Å². The molecule has 0 aliphatic heterocycles. The van der Waals surface area contributed by atoms with Crippen molar-refractivity contribution in [3.63, 3.8) is 0 Å². The molecule has 0 unspecified atom stereocenters. The Hall–Kier alpha value is -3.17. The summed E-state index contributed by atoms with van der Waals surface area (Å²) in [5.41, 5.74) is 1.31. The van der Waals surface area contributed by atoms with Gasteiger partial charge in [-0.25, -0.2) is 9.36 Å². The van der Waals surface area contributed by atoms with Crippen LogP contribution in [0, 0.1) is 0 Å². The Kier molecular flexibility index (Phi) is 4.02. The normalized spacial score (nSPS) is 11.5. The fraction of sp³-hybridized carbons (Fsp3) is 0.143. The third-order valence-electron chi connectivity index (χ3n) is 3.04. The van der Waals surface area contributed by atoms with Crippen molar-refractivity contribution in [2.75, 3.05) is 6.54 Å². The van der Waals surface area contributed by atoms with Crippen LogP contribution in [-0.4, -0.2) is 43.2 Å².